The molecule has 4 rings (SSSR count). The summed E-state index contributed by atoms with van der Waals surface area (Å²) in [7, 11) is 0. The van der Waals surface area contributed by atoms with Gasteiger partial charge in [-0.3, -0.25) is 4.79 Å². The Balaban J connectivity index is 1.58. The molecule has 0 bridgehead atoms. The van der Waals surface area contributed by atoms with E-state index in [0.717, 1.165) is 91.1 Å². The Kier molecular flexibility index (Phi) is 7.51. The number of carbonyl (C=O) groups excluding carboxylic acids is 1. The number of fused-ring (bicyclic) bond motifs is 1. The van der Waals surface area contributed by atoms with Gasteiger partial charge in [-0.25, -0.2) is 4.99 Å². The molecule has 1 amide bonds. The molecule has 2 aliphatic heterocycles. The first-order chi connectivity index (χ1) is 16.5. The van der Waals surface area contributed by atoms with Crippen LogP contribution >= 0.6 is 0 Å². The zero-order chi connectivity index (χ0) is 24.1. The predicted molar refractivity (Wildman–Crippen MR) is 142 cm³/mol. The molecule has 0 aliphatic carbocycles. The number of benzene rings is 2. The number of hydrogen-bond donors (Lipinski definition) is 1. The van der Waals surface area contributed by atoms with Crippen LogP contribution in [0.25, 0.3) is 17.2 Å². The molecule has 0 saturated carbocycles. The fraction of sp³-hybridized carbons (Fsp3) is 0.379. The van der Waals surface area contributed by atoms with E-state index in [1.165, 1.54) is 0 Å². The molecule has 5 heteroatoms. The molecule has 34 heavy (non-hydrogen) atoms. The summed E-state index contributed by atoms with van der Waals surface area (Å²) in [5.41, 5.74) is 13.3. The molecule has 1 fully saturated rings. The maximum atomic E-state index is 12.7. The second kappa shape index (κ2) is 10.7. The fourth-order valence-corrected chi connectivity index (χ4v) is 4.79. The van der Waals surface area contributed by atoms with Crippen LogP contribution < -0.4 is 5.73 Å². The van der Waals surface area contributed by atoms with Gasteiger partial charge in [-0.1, -0.05) is 44.7 Å². The van der Waals surface area contributed by atoms with Gasteiger partial charge in [0.15, 0.2) is 0 Å². The Morgan fingerprint density at radius 2 is 1.68 bits per heavy atom. The lowest BCUT2D eigenvalue weighted by atomic mass is 9.99. The highest BCUT2D eigenvalue weighted by atomic mass is 16.2. The van der Waals surface area contributed by atoms with E-state index in [9.17, 15) is 4.79 Å². The van der Waals surface area contributed by atoms with Crippen molar-refractivity contribution in [3.63, 3.8) is 0 Å². The SMILES string of the molecule is C=C(C1=Cc2ccc(-c3ccc(C(=O)N4CCCC4)cc3)cc2N=C(N)C1)N(CCC)CCC. The lowest BCUT2D eigenvalue weighted by molar-refractivity contribution is 0.0793. The van der Waals surface area contributed by atoms with Crippen molar-refractivity contribution in [1.82, 2.24) is 9.80 Å². The van der Waals surface area contributed by atoms with Crippen LogP contribution in [0.4, 0.5) is 5.69 Å². The smallest absolute Gasteiger partial charge is 0.253 e. The molecule has 178 valence electrons. The van der Waals surface area contributed by atoms with Gasteiger partial charge in [-0.2, -0.15) is 0 Å². The molecule has 0 unspecified atom stereocenters. The first-order valence-corrected chi connectivity index (χ1v) is 12.5. The second-order valence-corrected chi connectivity index (χ2v) is 9.23. The van der Waals surface area contributed by atoms with Crippen LogP contribution in [0.2, 0.25) is 0 Å². The number of nitrogens with zero attached hydrogens (tertiary/aromatic N) is 3. The Morgan fingerprint density at radius 3 is 2.32 bits per heavy atom. The average Bonchev–Trinajstić information content (AvgIpc) is 3.33. The molecule has 1 saturated heterocycles. The summed E-state index contributed by atoms with van der Waals surface area (Å²) >= 11 is 0. The van der Waals surface area contributed by atoms with Gasteiger partial charge in [0.05, 0.1) is 5.69 Å². The molecule has 2 heterocycles. The van der Waals surface area contributed by atoms with Crippen LogP contribution in [0, 0.1) is 0 Å². The summed E-state index contributed by atoms with van der Waals surface area (Å²) in [6.45, 7) is 12.5. The van der Waals surface area contributed by atoms with Gasteiger partial charge in [0.25, 0.3) is 5.91 Å². The third-order valence-corrected chi connectivity index (χ3v) is 6.59. The van der Waals surface area contributed by atoms with Crippen molar-refractivity contribution in [2.24, 2.45) is 10.7 Å². The van der Waals surface area contributed by atoms with Crippen LogP contribution in [0.15, 0.2) is 65.3 Å². The molecule has 5 nitrogen and oxygen atoms in total. The first-order valence-electron chi connectivity index (χ1n) is 12.5. The van der Waals surface area contributed by atoms with Crippen LogP contribution in [0.5, 0.6) is 0 Å². The molecular formula is C29H36N4O. The minimum Gasteiger partial charge on any atom is -0.387 e. The molecule has 0 atom stereocenters. The normalized spacial score (nSPS) is 15.3. The lowest BCUT2D eigenvalue weighted by Crippen LogP contribution is -2.27. The maximum Gasteiger partial charge on any atom is 0.253 e. The topological polar surface area (TPSA) is 61.9 Å². The van der Waals surface area contributed by atoms with Crippen molar-refractivity contribution in [3.05, 3.63) is 71.4 Å². The molecule has 2 N–H and O–H groups in total. The van der Waals surface area contributed by atoms with Crippen molar-refractivity contribution in [2.45, 2.75) is 46.0 Å². The minimum atomic E-state index is 0.126. The summed E-state index contributed by atoms with van der Waals surface area (Å²) < 4.78 is 0. The largest absolute Gasteiger partial charge is 0.387 e. The average molecular weight is 457 g/mol. The van der Waals surface area contributed by atoms with Gasteiger partial charge in [0.2, 0.25) is 0 Å². The van der Waals surface area contributed by atoms with Gasteiger partial charge in [-0.15, -0.1) is 0 Å². The number of rotatable bonds is 8. The van der Waals surface area contributed by atoms with Crippen LogP contribution in [-0.4, -0.2) is 47.7 Å². The summed E-state index contributed by atoms with van der Waals surface area (Å²) in [5.74, 6) is 0.726. The Hall–Kier alpha value is -3.34. The number of likely N-dealkylation sites (tertiary alicyclic amines) is 1. The number of nitrogens with two attached hydrogens (primary N) is 1. The molecule has 0 aromatic heterocycles. The van der Waals surface area contributed by atoms with E-state index >= 15 is 0 Å². The van der Waals surface area contributed by atoms with Crippen molar-refractivity contribution in [1.29, 1.82) is 0 Å². The van der Waals surface area contributed by atoms with Crippen molar-refractivity contribution >= 4 is 23.5 Å². The monoisotopic (exact) mass is 456 g/mol. The highest BCUT2D eigenvalue weighted by Crippen LogP contribution is 2.33. The third-order valence-electron chi connectivity index (χ3n) is 6.59. The van der Waals surface area contributed by atoms with Gasteiger partial charge < -0.3 is 15.5 Å². The van der Waals surface area contributed by atoms with Gasteiger partial charge in [0.1, 0.15) is 5.84 Å². The Labute approximate surface area is 203 Å². The van der Waals surface area contributed by atoms with Crippen molar-refractivity contribution in [3.8, 4) is 11.1 Å². The zero-order valence-electron chi connectivity index (χ0n) is 20.5. The summed E-state index contributed by atoms with van der Waals surface area (Å²) in [4.78, 5) is 21.7. The van der Waals surface area contributed by atoms with Gasteiger partial charge >= 0.3 is 0 Å². The zero-order valence-corrected chi connectivity index (χ0v) is 20.5. The summed E-state index contributed by atoms with van der Waals surface area (Å²) in [6, 6.07) is 14.2. The van der Waals surface area contributed by atoms with E-state index in [2.05, 4.69) is 49.6 Å². The highest BCUT2D eigenvalue weighted by Gasteiger charge is 2.20. The molecule has 0 spiro atoms. The predicted octanol–water partition coefficient (Wildman–Crippen LogP) is 6.00. The third kappa shape index (κ3) is 5.24. The summed E-state index contributed by atoms with van der Waals surface area (Å²) in [5, 5.41) is 0. The number of hydrogen-bond acceptors (Lipinski definition) is 4. The number of amidine groups is 1. The van der Waals surface area contributed by atoms with E-state index in [1.54, 1.807) is 0 Å². The van der Waals surface area contributed by atoms with Gasteiger partial charge in [-0.05, 0) is 66.7 Å². The van der Waals surface area contributed by atoms with Crippen LogP contribution in [0.1, 0.15) is 61.9 Å². The molecule has 2 aromatic carbocycles. The Morgan fingerprint density at radius 1 is 1.03 bits per heavy atom. The molecule has 2 aromatic rings. The maximum absolute atomic E-state index is 12.7. The Bertz CT molecular complexity index is 1100. The highest BCUT2D eigenvalue weighted by molar-refractivity contribution is 5.95. The molecular weight excluding hydrogens is 420 g/mol. The number of carbonyl (C=O) groups is 1. The van der Waals surface area contributed by atoms with E-state index in [-0.39, 0.29) is 5.91 Å². The van der Waals surface area contributed by atoms with Crippen molar-refractivity contribution < 1.29 is 4.79 Å². The summed E-state index contributed by atoms with van der Waals surface area (Å²) in [6.07, 6.45) is 7.14. The van der Waals surface area contributed by atoms with E-state index in [0.29, 0.717) is 12.3 Å². The van der Waals surface area contributed by atoms with E-state index in [4.69, 9.17) is 10.7 Å². The van der Waals surface area contributed by atoms with Crippen LogP contribution in [-0.2, 0) is 0 Å². The van der Waals surface area contributed by atoms with Gasteiger partial charge in [0, 0.05) is 49.4 Å². The number of allylic oxidation sites excluding steroid dienone is 1. The molecule has 0 radical (unpaired) electrons. The minimum absolute atomic E-state index is 0.126. The van der Waals surface area contributed by atoms with E-state index < -0.39 is 0 Å². The second-order valence-electron chi connectivity index (χ2n) is 9.23. The van der Waals surface area contributed by atoms with Crippen molar-refractivity contribution in [2.75, 3.05) is 26.2 Å². The lowest BCUT2D eigenvalue weighted by Gasteiger charge is -2.27. The van der Waals surface area contributed by atoms with Crippen LogP contribution in [0.3, 0.4) is 0 Å². The quantitative estimate of drug-likeness (QED) is 0.530. The first kappa shape index (κ1) is 23.8. The number of amides is 1. The number of aliphatic imine (C=N–C) groups is 1. The van der Waals surface area contributed by atoms with E-state index in [1.807, 2.05) is 29.2 Å². The standard InChI is InChI=1S/C29H36N4O/c1-4-14-32(15-5-2)21(3)26-18-25-13-12-24(19-27(25)31-28(30)20-26)22-8-10-23(11-9-22)29(34)33-16-6-7-17-33/h8-13,18-19H,3-7,14-17,20H2,1-2H3,(H2,30,31). The molecule has 2 aliphatic rings. The fourth-order valence-electron chi connectivity index (χ4n) is 4.79.